The predicted molar refractivity (Wildman–Crippen MR) is 64.5 cm³/mol. The first-order chi connectivity index (χ1) is 7.72. The van der Waals surface area contributed by atoms with Crippen molar-refractivity contribution < 1.29 is 4.79 Å². The van der Waals surface area contributed by atoms with Gasteiger partial charge < -0.3 is 21.7 Å². The smallest absolute Gasteiger partial charge is 0.312 e. The minimum absolute atomic E-state index is 0.487. The maximum absolute atomic E-state index is 10.4. The fraction of sp³-hybridized carbons (Fsp3) is 0.400. The van der Waals surface area contributed by atoms with Crippen molar-refractivity contribution in [1.82, 2.24) is 10.3 Å². The number of carbonyl (C=O) groups is 1. The van der Waals surface area contributed by atoms with Gasteiger partial charge in [-0.25, -0.2) is 4.79 Å². The standard InChI is InChI=1S/C10H17N5O/c1-2-13-8-5-9(7-12-6-8)14-3-4-15-10(11)16/h5-7,13-14H,2-4H2,1H3,(H3,11,15,16). The van der Waals surface area contributed by atoms with Crippen LogP contribution in [-0.4, -0.2) is 30.6 Å². The topological polar surface area (TPSA) is 92.1 Å². The van der Waals surface area contributed by atoms with E-state index in [1.165, 1.54) is 0 Å². The van der Waals surface area contributed by atoms with Gasteiger partial charge in [0.2, 0.25) is 0 Å². The molecule has 5 N–H and O–H groups in total. The van der Waals surface area contributed by atoms with E-state index in [0.717, 1.165) is 17.9 Å². The zero-order chi connectivity index (χ0) is 11.8. The lowest BCUT2D eigenvalue weighted by molar-refractivity contribution is 0.249. The van der Waals surface area contributed by atoms with Crippen LogP contribution in [0.4, 0.5) is 16.2 Å². The van der Waals surface area contributed by atoms with Crippen molar-refractivity contribution in [3.05, 3.63) is 18.5 Å². The molecule has 0 aromatic carbocycles. The predicted octanol–water partition coefficient (Wildman–Crippen LogP) is 0.594. The lowest BCUT2D eigenvalue weighted by Gasteiger charge is -2.08. The highest BCUT2D eigenvalue weighted by molar-refractivity contribution is 5.71. The third-order valence-corrected chi connectivity index (χ3v) is 1.87. The van der Waals surface area contributed by atoms with Crippen molar-refractivity contribution in [1.29, 1.82) is 0 Å². The van der Waals surface area contributed by atoms with E-state index in [4.69, 9.17) is 5.73 Å². The van der Waals surface area contributed by atoms with Gasteiger partial charge in [0.1, 0.15) is 0 Å². The Morgan fingerprint density at radius 1 is 1.31 bits per heavy atom. The van der Waals surface area contributed by atoms with E-state index in [2.05, 4.69) is 20.9 Å². The molecule has 1 heterocycles. The van der Waals surface area contributed by atoms with E-state index in [0.29, 0.717) is 13.1 Å². The number of amides is 2. The van der Waals surface area contributed by atoms with Crippen molar-refractivity contribution in [2.24, 2.45) is 5.73 Å². The summed E-state index contributed by atoms with van der Waals surface area (Å²) in [4.78, 5) is 14.5. The first-order valence-corrected chi connectivity index (χ1v) is 5.18. The van der Waals surface area contributed by atoms with E-state index >= 15 is 0 Å². The molecule has 16 heavy (non-hydrogen) atoms. The molecule has 0 aliphatic rings. The second-order valence-electron chi connectivity index (χ2n) is 3.21. The molecule has 0 aliphatic heterocycles. The number of hydrogen-bond donors (Lipinski definition) is 4. The molecule has 0 aliphatic carbocycles. The highest BCUT2D eigenvalue weighted by Crippen LogP contribution is 2.11. The number of urea groups is 1. The Balaban J connectivity index is 2.35. The number of nitrogens with zero attached hydrogens (tertiary/aromatic N) is 1. The molecular formula is C10H17N5O. The summed E-state index contributed by atoms with van der Waals surface area (Å²) in [5, 5.41) is 8.79. The monoisotopic (exact) mass is 223 g/mol. The Bertz CT molecular complexity index is 342. The first kappa shape index (κ1) is 12.1. The minimum atomic E-state index is -0.513. The van der Waals surface area contributed by atoms with Crippen LogP contribution in [0.3, 0.4) is 0 Å². The average Bonchev–Trinajstić information content (AvgIpc) is 2.25. The SMILES string of the molecule is CCNc1cncc(NCCNC(N)=O)c1. The maximum atomic E-state index is 10.4. The number of carbonyl (C=O) groups excluding carboxylic acids is 1. The van der Waals surface area contributed by atoms with Gasteiger partial charge in [-0.1, -0.05) is 0 Å². The summed E-state index contributed by atoms with van der Waals surface area (Å²) >= 11 is 0. The second kappa shape index (κ2) is 6.49. The number of hydrogen-bond acceptors (Lipinski definition) is 4. The summed E-state index contributed by atoms with van der Waals surface area (Å²) < 4.78 is 0. The average molecular weight is 223 g/mol. The number of nitrogens with one attached hydrogen (secondary N) is 3. The Morgan fingerprint density at radius 3 is 2.62 bits per heavy atom. The number of rotatable bonds is 6. The first-order valence-electron chi connectivity index (χ1n) is 5.18. The van der Waals surface area contributed by atoms with Crippen molar-refractivity contribution in [3.8, 4) is 0 Å². The fourth-order valence-corrected chi connectivity index (χ4v) is 1.23. The van der Waals surface area contributed by atoms with Crippen molar-refractivity contribution >= 4 is 17.4 Å². The van der Waals surface area contributed by atoms with Gasteiger partial charge in [0.25, 0.3) is 0 Å². The molecule has 0 atom stereocenters. The van der Waals surface area contributed by atoms with Crippen molar-refractivity contribution in [3.63, 3.8) is 0 Å². The molecule has 0 fully saturated rings. The summed E-state index contributed by atoms with van der Waals surface area (Å²) in [7, 11) is 0. The molecule has 1 aromatic heterocycles. The van der Waals surface area contributed by atoms with Gasteiger partial charge in [0.05, 0.1) is 23.8 Å². The largest absolute Gasteiger partial charge is 0.384 e. The number of anilines is 2. The maximum Gasteiger partial charge on any atom is 0.312 e. The van der Waals surface area contributed by atoms with E-state index in [-0.39, 0.29) is 0 Å². The number of nitrogens with two attached hydrogens (primary N) is 1. The lowest BCUT2D eigenvalue weighted by atomic mass is 10.3. The summed E-state index contributed by atoms with van der Waals surface area (Å²) in [5.74, 6) is 0. The van der Waals surface area contributed by atoms with Gasteiger partial charge >= 0.3 is 6.03 Å². The zero-order valence-corrected chi connectivity index (χ0v) is 9.29. The van der Waals surface area contributed by atoms with Gasteiger partial charge in [0, 0.05) is 19.6 Å². The molecular weight excluding hydrogens is 206 g/mol. The lowest BCUT2D eigenvalue weighted by Crippen LogP contribution is -2.33. The zero-order valence-electron chi connectivity index (χ0n) is 9.29. The van der Waals surface area contributed by atoms with Crippen molar-refractivity contribution in [2.45, 2.75) is 6.92 Å². The van der Waals surface area contributed by atoms with Crippen LogP contribution < -0.4 is 21.7 Å². The molecule has 1 rings (SSSR count). The van der Waals surface area contributed by atoms with Crippen LogP contribution in [-0.2, 0) is 0 Å². The molecule has 6 nitrogen and oxygen atoms in total. The van der Waals surface area contributed by atoms with Gasteiger partial charge in [-0.05, 0) is 13.0 Å². The molecule has 6 heteroatoms. The quantitative estimate of drug-likeness (QED) is 0.531. The van der Waals surface area contributed by atoms with E-state index < -0.39 is 6.03 Å². The molecule has 0 saturated heterocycles. The molecule has 0 saturated carbocycles. The fourth-order valence-electron chi connectivity index (χ4n) is 1.23. The van der Waals surface area contributed by atoms with Crippen molar-refractivity contribution in [2.75, 3.05) is 30.3 Å². The third kappa shape index (κ3) is 4.50. The van der Waals surface area contributed by atoms with Gasteiger partial charge in [0.15, 0.2) is 0 Å². The van der Waals surface area contributed by atoms with Crippen LogP contribution in [0, 0.1) is 0 Å². The van der Waals surface area contributed by atoms with Crippen LogP contribution in [0.5, 0.6) is 0 Å². The molecule has 1 aromatic rings. The van der Waals surface area contributed by atoms with Crippen LogP contribution in [0.2, 0.25) is 0 Å². The normalized spacial score (nSPS) is 9.56. The minimum Gasteiger partial charge on any atom is -0.384 e. The molecule has 0 bridgehead atoms. The molecule has 0 radical (unpaired) electrons. The Labute approximate surface area is 94.6 Å². The highest BCUT2D eigenvalue weighted by atomic mass is 16.2. The van der Waals surface area contributed by atoms with Crippen LogP contribution >= 0.6 is 0 Å². The molecule has 0 spiro atoms. The van der Waals surface area contributed by atoms with Crippen LogP contribution in [0.1, 0.15) is 6.92 Å². The van der Waals surface area contributed by atoms with Crippen LogP contribution in [0.15, 0.2) is 18.5 Å². The molecule has 2 amide bonds. The Morgan fingerprint density at radius 2 is 2.00 bits per heavy atom. The van der Waals surface area contributed by atoms with Crippen LogP contribution in [0.25, 0.3) is 0 Å². The number of aromatic nitrogens is 1. The third-order valence-electron chi connectivity index (χ3n) is 1.87. The van der Waals surface area contributed by atoms with E-state index in [1.807, 2.05) is 13.0 Å². The van der Waals surface area contributed by atoms with E-state index in [1.54, 1.807) is 12.4 Å². The van der Waals surface area contributed by atoms with Gasteiger partial charge in [-0.3, -0.25) is 4.98 Å². The summed E-state index contributed by atoms with van der Waals surface area (Å²) in [6.45, 7) is 3.98. The Kier molecular flexibility index (Phi) is 4.91. The number of pyridine rings is 1. The van der Waals surface area contributed by atoms with Gasteiger partial charge in [-0.2, -0.15) is 0 Å². The Hall–Kier alpha value is -1.98. The number of primary amides is 1. The second-order valence-corrected chi connectivity index (χ2v) is 3.21. The summed E-state index contributed by atoms with van der Waals surface area (Å²) in [5.41, 5.74) is 6.81. The van der Waals surface area contributed by atoms with E-state index in [9.17, 15) is 4.79 Å². The summed E-state index contributed by atoms with van der Waals surface area (Å²) in [6, 6.07) is 1.45. The molecule has 0 unspecified atom stereocenters. The summed E-state index contributed by atoms with van der Waals surface area (Å²) in [6.07, 6.45) is 3.49. The highest BCUT2D eigenvalue weighted by Gasteiger charge is 1.95. The van der Waals surface area contributed by atoms with Gasteiger partial charge in [-0.15, -0.1) is 0 Å². The molecule has 88 valence electrons.